The number of hydrogen-bond acceptors (Lipinski definition) is 4. The van der Waals surface area contributed by atoms with Gasteiger partial charge >= 0.3 is 0 Å². The Morgan fingerprint density at radius 3 is 2.71 bits per heavy atom. The number of aliphatic hydroxyl groups is 1. The number of carbonyl (C=O) groups excluding carboxylic acids is 2. The molecule has 0 saturated carbocycles. The Balaban J connectivity index is 2.40. The molecule has 0 aromatic rings. The van der Waals surface area contributed by atoms with E-state index in [-0.39, 0.29) is 24.4 Å². The van der Waals surface area contributed by atoms with Gasteiger partial charge in [0.15, 0.2) is 5.96 Å². The molecule has 0 aliphatic carbocycles. The highest BCUT2D eigenvalue weighted by atomic mass is 16.3. The molecule has 1 heterocycles. The van der Waals surface area contributed by atoms with E-state index in [1.807, 2.05) is 0 Å². The molecule has 0 spiro atoms. The van der Waals surface area contributed by atoms with Gasteiger partial charge in [0.1, 0.15) is 6.04 Å². The monoisotopic (exact) mass is 298 g/mol. The molecule has 1 aliphatic heterocycles. The molecule has 1 aliphatic rings. The van der Waals surface area contributed by atoms with Crippen molar-refractivity contribution in [2.24, 2.45) is 17.4 Å². The minimum absolute atomic E-state index is 0.00619. The average molecular weight is 298 g/mol. The highest BCUT2D eigenvalue weighted by Crippen LogP contribution is 2.23. The molecule has 21 heavy (non-hydrogen) atoms. The fraction of sp³-hybridized carbons (Fsp3) is 0.692. The SMILES string of the molecule is N=C(N)NCCC[CH]C(=O)N1CCC(CO)CC1C(N)=O. The molecule has 1 rings (SSSR count). The van der Waals surface area contributed by atoms with Crippen LogP contribution in [0, 0.1) is 17.7 Å². The second-order valence-electron chi connectivity index (χ2n) is 5.21. The number of nitrogens with two attached hydrogens (primary N) is 2. The summed E-state index contributed by atoms with van der Waals surface area (Å²) in [4.78, 5) is 25.1. The van der Waals surface area contributed by atoms with Crippen LogP contribution >= 0.6 is 0 Å². The highest BCUT2D eigenvalue weighted by molar-refractivity contribution is 5.90. The molecule has 119 valence electrons. The van der Waals surface area contributed by atoms with Crippen LogP contribution in [0.4, 0.5) is 0 Å². The van der Waals surface area contributed by atoms with Crippen LogP contribution in [0.25, 0.3) is 0 Å². The van der Waals surface area contributed by atoms with E-state index in [1.54, 1.807) is 0 Å². The zero-order valence-electron chi connectivity index (χ0n) is 12.0. The summed E-state index contributed by atoms with van der Waals surface area (Å²) < 4.78 is 0. The van der Waals surface area contributed by atoms with Gasteiger partial charge < -0.3 is 26.8 Å². The molecular formula is C13H24N5O3. The van der Waals surface area contributed by atoms with E-state index in [4.69, 9.17) is 22.0 Å². The molecule has 2 atom stereocenters. The van der Waals surface area contributed by atoms with Gasteiger partial charge in [0.05, 0.1) is 0 Å². The lowest BCUT2D eigenvalue weighted by Crippen LogP contribution is -2.52. The van der Waals surface area contributed by atoms with Gasteiger partial charge in [-0.15, -0.1) is 0 Å². The van der Waals surface area contributed by atoms with E-state index in [0.29, 0.717) is 38.8 Å². The van der Waals surface area contributed by atoms with E-state index in [1.165, 1.54) is 11.3 Å². The van der Waals surface area contributed by atoms with Gasteiger partial charge in [-0.05, 0) is 31.6 Å². The first-order chi connectivity index (χ1) is 9.95. The van der Waals surface area contributed by atoms with Crippen molar-refractivity contribution in [3.05, 3.63) is 6.42 Å². The number of likely N-dealkylation sites (tertiary alicyclic amines) is 1. The van der Waals surface area contributed by atoms with Gasteiger partial charge in [0.25, 0.3) is 0 Å². The lowest BCUT2D eigenvalue weighted by molar-refractivity contribution is -0.139. The first kappa shape index (κ1) is 17.2. The molecule has 1 saturated heterocycles. The average Bonchev–Trinajstić information content (AvgIpc) is 2.45. The van der Waals surface area contributed by atoms with E-state index in [2.05, 4.69) is 5.32 Å². The first-order valence-electron chi connectivity index (χ1n) is 7.07. The van der Waals surface area contributed by atoms with Gasteiger partial charge in [-0.2, -0.15) is 0 Å². The van der Waals surface area contributed by atoms with Crippen molar-refractivity contribution >= 4 is 17.8 Å². The third kappa shape index (κ3) is 5.58. The summed E-state index contributed by atoms with van der Waals surface area (Å²) >= 11 is 0. The largest absolute Gasteiger partial charge is 0.396 e. The summed E-state index contributed by atoms with van der Waals surface area (Å²) in [6, 6.07) is -0.644. The molecule has 7 N–H and O–H groups in total. The minimum atomic E-state index is -0.644. The van der Waals surface area contributed by atoms with E-state index in [0.717, 1.165) is 0 Å². The summed E-state index contributed by atoms with van der Waals surface area (Å²) in [5, 5.41) is 18.8. The van der Waals surface area contributed by atoms with Gasteiger partial charge in [-0.25, -0.2) is 0 Å². The molecule has 0 aromatic carbocycles. The number of hydrogen-bond donors (Lipinski definition) is 5. The molecule has 1 fully saturated rings. The summed E-state index contributed by atoms with van der Waals surface area (Å²) in [5.74, 6) is -0.821. The lowest BCUT2D eigenvalue weighted by Gasteiger charge is -2.37. The van der Waals surface area contributed by atoms with E-state index in [9.17, 15) is 9.59 Å². The van der Waals surface area contributed by atoms with Crippen molar-refractivity contribution in [1.29, 1.82) is 5.41 Å². The predicted octanol–water partition coefficient (Wildman–Crippen LogP) is -1.46. The van der Waals surface area contributed by atoms with Crippen LogP contribution in [0.1, 0.15) is 25.7 Å². The quantitative estimate of drug-likeness (QED) is 0.221. The number of carbonyl (C=O) groups is 2. The Bertz CT molecular complexity index is 388. The second kappa shape index (κ2) is 8.46. The van der Waals surface area contributed by atoms with Crippen LogP contribution in [0.15, 0.2) is 0 Å². The zero-order valence-corrected chi connectivity index (χ0v) is 12.0. The minimum Gasteiger partial charge on any atom is -0.396 e. The van der Waals surface area contributed by atoms with Gasteiger partial charge in [0.2, 0.25) is 11.8 Å². The highest BCUT2D eigenvalue weighted by Gasteiger charge is 2.34. The maximum absolute atomic E-state index is 12.1. The number of aliphatic hydroxyl groups excluding tert-OH is 1. The summed E-state index contributed by atoms with van der Waals surface area (Å²) in [7, 11) is 0. The molecule has 8 heteroatoms. The van der Waals surface area contributed by atoms with Crippen molar-refractivity contribution in [3.63, 3.8) is 0 Å². The Morgan fingerprint density at radius 1 is 1.43 bits per heavy atom. The Hall–Kier alpha value is -1.83. The Labute approximate surface area is 124 Å². The zero-order chi connectivity index (χ0) is 15.8. The number of primary amides is 1. The van der Waals surface area contributed by atoms with Crippen LogP contribution in [0.5, 0.6) is 0 Å². The third-order valence-corrected chi connectivity index (χ3v) is 3.60. The molecular weight excluding hydrogens is 274 g/mol. The number of nitrogens with zero attached hydrogens (tertiary/aromatic N) is 1. The van der Waals surface area contributed by atoms with Crippen molar-refractivity contribution in [1.82, 2.24) is 10.2 Å². The van der Waals surface area contributed by atoms with Crippen molar-refractivity contribution in [2.45, 2.75) is 31.7 Å². The van der Waals surface area contributed by atoms with Crippen LogP contribution in [-0.4, -0.2) is 53.5 Å². The maximum Gasteiger partial charge on any atom is 0.240 e. The van der Waals surface area contributed by atoms with Crippen LogP contribution in [-0.2, 0) is 9.59 Å². The van der Waals surface area contributed by atoms with Crippen LogP contribution in [0.2, 0.25) is 0 Å². The summed E-state index contributed by atoms with van der Waals surface area (Å²) in [6.45, 7) is 0.955. The molecule has 2 unspecified atom stereocenters. The van der Waals surface area contributed by atoms with E-state index >= 15 is 0 Å². The summed E-state index contributed by atoms with van der Waals surface area (Å²) in [5.41, 5.74) is 10.5. The summed E-state index contributed by atoms with van der Waals surface area (Å²) in [6.07, 6.45) is 3.81. The van der Waals surface area contributed by atoms with Crippen molar-refractivity contribution in [3.8, 4) is 0 Å². The topological polar surface area (TPSA) is 146 Å². The van der Waals surface area contributed by atoms with E-state index < -0.39 is 11.9 Å². The van der Waals surface area contributed by atoms with Crippen molar-refractivity contribution in [2.75, 3.05) is 19.7 Å². The first-order valence-corrected chi connectivity index (χ1v) is 7.07. The normalized spacial score (nSPS) is 21.9. The molecule has 0 aromatic heterocycles. The smallest absolute Gasteiger partial charge is 0.240 e. The molecule has 0 bridgehead atoms. The standard InChI is InChI=1S/C13H24N5O3/c14-12(21)10-7-9(8-19)4-6-18(10)11(20)3-1-2-5-17-13(15)16/h3,9-10,19H,1-2,4-8H2,(H2,14,21)(H4,15,16,17). The van der Waals surface area contributed by atoms with Crippen molar-refractivity contribution < 1.29 is 14.7 Å². The molecule has 1 radical (unpaired) electrons. The Kier molecular flexibility index (Phi) is 6.93. The predicted molar refractivity (Wildman–Crippen MR) is 78.0 cm³/mol. The fourth-order valence-electron chi connectivity index (χ4n) is 2.41. The second-order valence-corrected chi connectivity index (χ2v) is 5.21. The van der Waals surface area contributed by atoms with Crippen LogP contribution in [0.3, 0.4) is 0 Å². The number of rotatable bonds is 7. The van der Waals surface area contributed by atoms with Gasteiger partial charge in [0, 0.05) is 26.1 Å². The van der Waals surface area contributed by atoms with Gasteiger partial charge in [-0.3, -0.25) is 15.0 Å². The number of piperidine rings is 1. The lowest BCUT2D eigenvalue weighted by atomic mass is 9.90. The van der Waals surface area contributed by atoms with Gasteiger partial charge in [-0.1, -0.05) is 0 Å². The number of guanidine groups is 1. The number of amides is 2. The van der Waals surface area contributed by atoms with Crippen LogP contribution < -0.4 is 16.8 Å². The molecule has 8 nitrogen and oxygen atoms in total. The maximum atomic E-state index is 12.1. The number of unbranched alkanes of at least 4 members (excludes halogenated alkanes) is 1. The fourth-order valence-corrected chi connectivity index (χ4v) is 2.41. The molecule has 2 amide bonds. The Morgan fingerprint density at radius 2 is 2.14 bits per heavy atom. The number of nitrogens with one attached hydrogen (secondary N) is 2. The third-order valence-electron chi connectivity index (χ3n) is 3.60.